The zero-order chi connectivity index (χ0) is 33.0. The summed E-state index contributed by atoms with van der Waals surface area (Å²) in [5.41, 5.74) is 6.24. The van der Waals surface area contributed by atoms with Crippen LogP contribution in [0.2, 0.25) is 5.02 Å². The third-order valence-corrected chi connectivity index (χ3v) is 12.1. The first-order chi connectivity index (χ1) is 24.0. The van der Waals surface area contributed by atoms with Crippen molar-refractivity contribution in [2.45, 2.75) is 44.8 Å². The Hall–Kier alpha value is -4.44. The summed E-state index contributed by atoms with van der Waals surface area (Å²) in [6.07, 6.45) is 10.2. The largest absolute Gasteiger partial charge is 0.494 e. The van der Waals surface area contributed by atoms with Crippen LogP contribution < -0.4 is 9.64 Å². The zero-order valence-electron chi connectivity index (χ0n) is 27.8. The van der Waals surface area contributed by atoms with Crippen LogP contribution in [0.3, 0.4) is 0 Å². The lowest BCUT2D eigenvalue weighted by Gasteiger charge is -2.52. The summed E-state index contributed by atoms with van der Waals surface area (Å²) in [4.78, 5) is 37.4. The first kappa shape index (κ1) is 29.5. The van der Waals surface area contributed by atoms with Gasteiger partial charge < -0.3 is 23.7 Å². The molecule has 0 bridgehead atoms. The van der Waals surface area contributed by atoms with E-state index in [0.29, 0.717) is 40.1 Å². The van der Waals surface area contributed by atoms with E-state index in [2.05, 4.69) is 41.0 Å². The molecule has 0 spiro atoms. The fourth-order valence-electron chi connectivity index (χ4n) is 9.32. The van der Waals surface area contributed by atoms with Gasteiger partial charge in [0.05, 0.1) is 29.0 Å². The molecular weight excluding hydrogens is 636 g/mol. The van der Waals surface area contributed by atoms with Gasteiger partial charge in [0.25, 0.3) is 5.91 Å². The number of fused-ring (bicyclic) bond motifs is 2. The van der Waals surface area contributed by atoms with Gasteiger partial charge in [0.15, 0.2) is 5.82 Å². The van der Waals surface area contributed by atoms with E-state index in [9.17, 15) is 4.79 Å². The molecule has 3 unspecified atom stereocenters. The fraction of sp³-hybridized carbons (Fsp3) is 0.447. The van der Waals surface area contributed by atoms with Crippen LogP contribution in [0.1, 0.15) is 41.7 Å². The molecule has 6 heterocycles. The van der Waals surface area contributed by atoms with E-state index < -0.39 is 0 Å². The van der Waals surface area contributed by atoms with Crippen molar-refractivity contribution in [2.75, 3.05) is 38.7 Å². The van der Waals surface area contributed by atoms with Crippen molar-refractivity contribution in [1.82, 2.24) is 29.0 Å². The number of anilines is 1. The number of rotatable bonds is 9. The Morgan fingerprint density at radius 2 is 1.90 bits per heavy atom. The highest BCUT2D eigenvalue weighted by Gasteiger charge is 2.61. The smallest absolute Gasteiger partial charge is 0.254 e. The lowest BCUT2D eigenvalue weighted by molar-refractivity contribution is -0.0204. The molecule has 3 saturated carbocycles. The van der Waals surface area contributed by atoms with Gasteiger partial charge in [-0.3, -0.25) is 14.8 Å². The van der Waals surface area contributed by atoms with E-state index >= 15 is 0 Å². The molecule has 0 radical (unpaired) electrons. The number of hydrogen-bond donors (Lipinski definition) is 0. The molecule has 1 amide bonds. The minimum absolute atomic E-state index is 0.109. The number of carbonyl (C=O) groups is 1. The Kier molecular flexibility index (Phi) is 6.64. The maximum Gasteiger partial charge on any atom is 0.254 e. The monoisotopic (exact) mass is 674 g/mol. The van der Waals surface area contributed by atoms with Crippen LogP contribution in [0.15, 0.2) is 53.8 Å². The maximum atomic E-state index is 14.1. The summed E-state index contributed by atoms with van der Waals surface area (Å²) in [6.45, 7) is 4.23. The van der Waals surface area contributed by atoms with Crippen LogP contribution in [-0.4, -0.2) is 80.9 Å². The maximum absolute atomic E-state index is 14.1. The number of benzene rings is 1. The van der Waals surface area contributed by atoms with E-state index in [4.69, 9.17) is 26.3 Å². The number of aliphatic imine (C=N–C) groups is 1. The molecule has 1 aromatic carbocycles. The van der Waals surface area contributed by atoms with E-state index in [-0.39, 0.29) is 5.91 Å². The van der Waals surface area contributed by atoms with Gasteiger partial charge in [-0.05, 0) is 85.8 Å². The number of hydrogen-bond acceptors (Lipinski definition) is 7. The van der Waals surface area contributed by atoms with Gasteiger partial charge in [-0.2, -0.15) is 0 Å². The minimum atomic E-state index is 0.109. The average molecular weight is 675 g/mol. The van der Waals surface area contributed by atoms with Crippen molar-refractivity contribution in [3.05, 3.63) is 65.1 Å². The number of halogens is 1. The molecule has 11 heteroatoms. The van der Waals surface area contributed by atoms with Gasteiger partial charge in [-0.1, -0.05) is 11.6 Å². The van der Waals surface area contributed by atoms with Crippen molar-refractivity contribution >= 4 is 51.5 Å². The second-order valence-corrected chi connectivity index (χ2v) is 15.3. The molecule has 3 aliphatic carbocycles. The Bertz CT molecular complexity index is 2180. The molecule has 5 aromatic rings. The van der Waals surface area contributed by atoms with E-state index in [1.165, 1.54) is 19.3 Å². The third kappa shape index (κ3) is 4.62. The normalized spacial score (nSPS) is 24.4. The number of pyridine rings is 2. The summed E-state index contributed by atoms with van der Waals surface area (Å²) in [7, 11) is 3.46. The number of nitrogens with zero attached hydrogens (tertiary/aromatic N) is 8. The quantitative estimate of drug-likeness (QED) is 0.173. The number of amides is 1. The summed E-state index contributed by atoms with van der Waals surface area (Å²) in [5, 5.41) is 1.72. The van der Waals surface area contributed by atoms with Gasteiger partial charge in [0, 0.05) is 81.3 Å². The highest BCUT2D eigenvalue weighted by atomic mass is 35.5. The molecule has 2 aliphatic heterocycles. The van der Waals surface area contributed by atoms with E-state index in [1.807, 2.05) is 30.5 Å². The van der Waals surface area contributed by atoms with Crippen LogP contribution in [0.4, 0.5) is 5.69 Å². The van der Waals surface area contributed by atoms with Gasteiger partial charge in [0.2, 0.25) is 0 Å². The Balaban J connectivity index is 1.06. The van der Waals surface area contributed by atoms with Crippen molar-refractivity contribution < 1.29 is 9.53 Å². The number of aromatic nitrogens is 5. The Labute approximate surface area is 289 Å². The number of methoxy groups -OCH3 is 1. The first-order valence-corrected chi connectivity index (χ1v) is 18.0. The Morgan fingerprint density at radius 1 is 1.04 bits per heavy atom. The van der Waals surface area contributed by atoms with Gasteiger partial charge in [-0.15, -0.1) is 0 Å². The van der Waals surface area contributed by atoms with Crippen molar-refractivity contribution in [2.24, 2.45) is 34.6 Å². The Morgan fingerprint density at radius 3 is 2.67 bits per heavy atom. The number of imidazole rings is 1. The number of carbonyl (C=O) groups excluding carboxylic acids is 1. The van der Waals surface area contributed by atoms with E-state index in [1.54, 1.807) is 26.6 Å². The highest BCUT2D eigenvalue weighted by molar-refractivity contribution is 6.30. The van der Waals surface area contributed by atoms with Crippen LogP contribution in [-0.2, 0) is 13.1 Å². The fourth-order valence-corrected chi connectivity index (χ4v) is 9.47. The number of likely N-dealkylation sites (tertiary alicyclic amines) is 1. The first-order valence-electron chi connectivity index (χ1n) is 17.6. The topological polar surface area (TPSA) is 93.7 Å². The molecular formula is C38H39ClN8O2. The standard InChI is InChI=1S/C38H39ClN8O2/c1-40-15-29-30(13-27(39)14-42-29)44-16-22(17-44)19-47-35-28(43-37(47)32-10-23-4-3-7-41-36(23)45(32)18-21-5-6-21)9-25(12-33(35)49-2)38(48)46-20-26-8-24-11-31(46)34(24)26/h3-4,7,9-10,12-15,21-22,24,26,31,34H,5-6,8,11,16-20H2,1-2H3/b40-15+/t24?,26?,31?,34-/m1/s1. The molecule has 4 atom stereocenters. The van der Waals surface area contributed by atoms with Gasteiger partial charge in [-0.25, -0.2) is 9.97 Å². The van der Waals surface area contributed by atoms with Crippen LogP contribution in [0.25, 0.3) is 33.6 Å². The van der Waals surface area contributed by atoms with Crippen molar-refractivity contribution in [3.63, 3.8) is 0 Å². The van der Waals surface area contributed by atoms with Gasteiger partial charge >= 0.3 is 0 Å². The highest BCUT2D eigenvalue weighted by Crippen LogP contribution is 2.61. The summed E-state index contributed by atoms with van der Waals surface area (Å²) in [5.74, 6) is 4.92. The molecule has 10 nitrogen and oxygen atoms in total. The summed E-state index contributed by atoms with van der Waals surface area (Å²) < 4.78 is 10.8. The van der Waals surface area contributed by atoms with Crippen LogP contribution >= 0.6 is 11.6 Å². The SMILES string of the molecule is C/N=C/c1ncc(Cl)cc1N1CC(Cn2c(-c3cc4cccnc4n3CC3CC3)nc3cc(C(=O)N4CC5CC6CC4[C@H]65)cc(OC)c32)C1. The predicted molar refractivity (Wildman–Crippen MR) is 191 cm³/mol. The summed E-state index contributed by atoms with van der Waals surface area (Å²) in [6, 6.07) is 12.7. The second kappa shape index (κ2) is 11.0. The predicted octanol–water partition coefficient (Wildman–Crippen LogP) is 6.19. The lowest BCUT2D eigenvalue weighted by Crippen LogP contribution is -2.53. The van der Waals surface area contributed by atoms with E-state index in [0.717, 1.165) is 95.9 Å². The van der Waals surface area contributed by atoms with Gasteiger partial charge in [0.1, 0.15) is 22.6 Å². The molecule has 5 fully saturated rings. The molecule has 5 aliphatic rings. The zero-order valence-corrected chi connectivity index (χ0v) is 28.6. The molecule has 2 saturated heterocycles. The lowest BCUT2D eigenvalue weighted by atomic mass is 9.53. The molecule has 4 aromatic heterocycles. The molecule has 0 N–H and O–H groups in total. The minimum Gasteiger partial charge on any atom is -0.494 e. The van der Waals surface area contributed by atoms with Crippen molar-refractivity contribution in [3.8, 4) is 17.3 Å². The molecule has 49 heavy (non-hydrogen) atoms. The summed E-state index contributed by atoms with van der Waals surface area (Å²) >= 11 is 6.38. The van der Waals surface area contributed by atoms with Crippen molar-refractivity contribution in [1.29, 1.82) is 0 Å². The van der Waals surface area contributed by atoms with Crippen LogP contribution in [0.5, 0.6) is 5.75 Å². The van der Waals surface area contributed by atoms with Crippen LogP contribution in [0, 0.1) is 29.6 Å². The second-order valence-electron chi connectivity index (χ2n) is 14.9. The third-order valence-electron chi connectivity index (χ3n) is 11.9. The number of ether oxygens (including phenoxy) is 1. The average Bonchev–Trinajstić information content (AvgIpc) is 3.73. The molecule has 250 valence electrons. The molecule has 10 rings (SSSR count).